The number of rotatable bonds is 8. The van der Waals surface area contributed by atoms with Gasteiger partial charge in [-0.1, -0.05) is 13.0 Å². The number of sulfone groups is 1. The first-order valence-electron chi connectivity index (χ1n) is 6.70. The minimum absolute atomic E-state index is 0.0910. The fourth-order valence-electron chi connectivity index (χ4n) is 1.61. The molecule has 6 nitrogen and oxygen atoms in total. The Bertz CT molecular complexity index is 621. The Hall–Kier alpha value is -1.91. The lowest BCUT2D eigenvalue weighted by Crippen LogP contribution is -2.36. The fraction of sp³-hybridized carbons (Fsp3) is 0.429. The van der Waals surface area contributed by atoms with Crippen molar-refractivity contribution in [1.29, 1.82) is 5.26 Å². The lowest BCUT2D eigenvalue weighted by molar-refractivity contribution is -0.120. The molecule has 0 aliphatic heterocycles. The summed E-state index contributed by atoms with van der Waals surface area (Å²) in [6, 6.07) is 7.81. The first-order valence-corrected chi connectivity index (χ1v) is 8.35. The Kier molecular flexibility index (Phi) is 6.85. The maximum absolute atomic E-state index is 12.1. The molecule has 2 N–H and O–H groups in total. The molecule has 0 saturated heterocycles. The molecule has 0 atom stereocenters. The summed E-state index contributed by atoms with van der Waals surface area (Å²) in [5.74, 6) is -0.274. The summed E-state index contributed by atoms with van der Waals surface area (Å²) in [7, 11) is -3.45. The van der Waals surface area contributed by atoms with Gasteiger partial charge in [-0.15, -0.1) is 0 Å². The summed E-state index contributed by atoms with van der Waals surface area (Å²) in [5.41, 5.74) is 0.308. The van der Waals surface area contributed by atoms with Crippen molar-refractivity contribution in [3.63, 3.8) is 0 Å². The molecular weight excluding hydrogens is 290 g/mol. The summed E-state index contributed by atoms with van der Waals surface area (Å²) in [6.45, 7) is 2.84. The normalized spacial score (nSPS) is 10.9. The van der Waals surface area contributed by atoms with E-state index in [2.05, 4.69) is 10.6 Å². The van der Waals surface area contributed by atoms with E-state index in [1.807, 2.05) is 13.0 Å². The van der Waals surface area contributed by atoms with Crippen molar-refractivity contribution in [2.45, 2.75) is 18.2 Å². The van der Waals surface area contributed by atoms with Crippen molar-refractivity contribution in [3.05, 3.63) is 29.8 Å². The summed E-state index contributed by atoms with van der Waals surface area (Å²) >= 11 is 0. The highest BCUT2D eigenvalue weighted by Gasteiger charge is 2.14. The number of hydrogen-bond acceptors (Lipinski definition) is 5. The Morgan fingerprint density at radius 1 is 1.33 bits per heavy atom. The first-order chi connectivity index (χ1) is 9.99. The van der Waals surface area contributed by atoms with Gasteiger partial charge < -0.3 is 10.6 Å². The number of nitrogens with one attached hydrogen (secondary N) is 2. The molecular formula is C14H19N3O3S. The van der Waals surface area contributed by atoms with Gasteiger partial charge in [0.05, 0.1) is 28.8 Å². The third-order valence-electron chi connectivity index (χ3n) is 2.73. The molecule has 0 radical (unpaired) electrons. The van der Waals surface area contributed by atoms with Gasteiger partial charge in [0.1, 0.15) is 0 Å². The van der Waals surface area contributed by atoms with E-state index in [1.54, 1.807) is 6.07 Å². The number of benzene rings is 1. The van der Waals surface area contributed by atoms with Gasteiger partial charge in [-0.25, -0.2) is 8.42 Å². The van der Waals surface area contributed by atoms with Gasteiger partial charge in [-0.3, -0.25) is 4.79 Å². The molecule has 0 spiro atoms. The minimum atomic E-state index is -3.45. The van der Waals surface area contributed by atoms with E-state index in [4.69, 9.17) is 5.26 Å². The van der Waals surface area contributed by atoms with E-state index in [-0.39, 0.29) is 29.6 Å². The van der Waals surface area contributed by atoms with Crippen molar-refractivity contribution in [2.75, 3.05) is 25.4 Å². The summed E-state index contributed by atoms with van der Waals surface area (Å²) in [6.07, 6.45) is 0.857. The highest BCUT2D eigenvalue weighted by atomic mass is 32.2. The Morgan fingerprint density at radius 3 is 2.76 bits per heavy atom. The average molecular weight is 309 g/mol. The molecule has 1 rings (SSSR count). The van der Waals surface area contributed by atoms with Crippen LogP contribution in [0, 0.1) is 11.3 Å². The third kappa shape index (κ3) is 5.94. The quantitative estimate of drug-likeness (QED) is 0.679. The van der Waals surface area contributed by atoms with Gasteiger partial charge in [-0.05, 0) is 24.6 Å². The number of hydrogen-bond donors (Lipinski definition) is 2. The highest BCUT2D eigenvalue weighted by molar-refractivity contribution is 7.91. The van der Waals surface area contributed by atoms with E-state index in [0.717, 1.165) is 6.42 Å². The minimum Gasteiger partial charge on any atom is -0.355 e. The smallest absolute Gasteiger partial charge is 0.233 e. The molecule has 0 aliphatic rings. The fourth-order valence-corrected chi connectivity index (χ4v) is 2.85. The third-order valence-corrected chi connectivity index (χ3v) is 4.44. The second kappa shape index (κ2) is 8.39. The Morgan fingerprint density at radius 2 is 2.10 bits per heavy atom. The van der Waals surface area contributed by atoms with Gasteiger partial charge >= 0.3 is 0 Å². The number of nitrogens with zero attached hydrogens (tertiary/aromatic N) is 1. The zero-order valence-electron chi connectivity index (χ0n) is 11.9. The van der Waals surface area contributed by atoms with Gasteiger partial charge in [0, 0.05) is 13.1 Å². The molecule has 0 heterocycles. The van der Waals surface area contributed by atoms with Crippen molar-refractivity contribution in [1.82, 2.24) is 10.6 Å². The Labute approximate surface area is 125 Å². The molecule has 0 saturated carbocycles. The maximum Gasteiger partial charge on any atom is 0.233 e. The van der Waals surface area contributed by atoms with Crippen molar-refractivity contribution in [3.8, 4) is 6.07 Å². The van der Waals surface area contributed by atoms with Crippen LogP contribution in [0.25, 0.3) is 0 Å². The van der Waals surface area contributed by atoms with Crippen molar-refractivity contribution >= 4 is 15.7 Å². The van der Waals surface area contributed by atoms with E-state index >= 15 is 0 Å². The molecule has 7 heteroatoms. The van der Waals surface area contributed by atoms with Crippen LogP contribution in [0.4, 0.5) is 0 Å². The SMILES string of the molecule is CCCNC(=O)CNCCS(=O)(=O)c1cccc(C#N)c1. The summed E-state index contributed by atoms with van der Waals surface area (Å²) < 4.78 is 24.1. The van der Waals surface area contributed by atoms with Crippen LogP contribution in [-0.4, -0.2) is 39.7 Å². The van der Waals surface area contributed by atoms with Gasteiger partial charge in [0.25, 0.3) is 0 Å². The monoisotopic (exact) mass is 309 g/mol. The molecule has 1 aromatic rings. The number of nitriles is 1. The van der Waals surface area contributed by atoms with Crippen LogP contribution < -0.4 is 10.6 Å². The van der Waals surface area contributed by atoms with Crippen LogP contribution in [0.5, 0.6) is 0 Å². The summed E-state index contributed by atoms with van der Waals surface area (Å²) in [5, 5.41) is 14.3. The van der Waals surface area contributed by atoms with E-state index in [1.165, 1.54) is 18.2 Å². The van der Waals surface area contributed by atoms with Crippen LogP contribution >= 0.6 is 0 Å². The first kappa shape index (κ1) is 17.1. The summed E-state index contributed by atoms with van der Waals surface area (Å²) in [4.78, 5) is 11.4. The molecule has 0 unspecified atom stereocenters. The van der Waals surface area contributed by atoms with Crippen LogP contribution in [0.2, 0.25) is 0 Å². The lowest BCUT2D eigenvalue weighted by Gasteiger charge is -2.07. The number of amides is 1. The van der Waals surface area contributed by atoms with Gasteiger partial charge in [0.15, 0.2) is 9.84 Å². The van der Waals surface area contributed by atoms with Crippen LogP contribution in [0.3, 0.4) is 0 Å². The van der Waals surface area contributed by atoms with Gasteiger partial charge in [0.2, 0.25) is 5.91 Å². The maximum atomic E-state index is 12.1. The van der Waals surface area contributed by atoms with Crippen molar-refractivity contribution in [2.24, 2.45) is 0 Å². The second-order valence-electron chi connectivity index (χ2n) is 4.49. The zero-order valence-corrected chi connectivity index (χ0v) is 12.7. The number of carbonyl (C=O) groups is 1. The average Bonchev–Trinajstić information content (AvgIpc) is 2.49. The molecule has 114 valence electrons. The van der Waals surface area contributed by atoms with Crippen LogP contribution in [0.15, 0.2) is 29.2 Å². The molecule has 1 aromatic carbocycles. The van der Waals surface area contributed by atoms with Crippen LogP contribution in [0.1, 0.15) is 18.9 Å². The predicted molar refractivity (Wildman–Crippen MR) is 79.4 cm³/mol. The Balaban J connectivity index is 2.47. The molecule has 0 aliphatic carbocycles. The van der Waals surface area contributed by atoms with Crippen molar-refractivity contribution < 1.29 is 13.2 Å². The van der Waals surface area contributed by atoms with E-state index in [9.17, 15) is 13.2 Å². The standard InChI is InChI=1S/C14H19N3O3S/c1-2-6-17-14(18)11-16-7-8-21(19,20)13-5-3-4-12(9-13)10-15/h3-5,9,16H,2,6-8,11H2,1H3,(H,17,18). The molecule has 0 bridgehead atoms. The van der Waals surface area contributed by atoms with Gasteiger partial charge in [-0.2, -0.15) is 5.26 Å². The number of carbonyl (C=O) groups excluding carboxylic acids is 1. The van der Waals surface area contributed by atoms with E-state index in [0.29, 0.717) is 12.1 Å². The second-order valence-corrected chi connectivity index (χ2v) is 6.59. The molecule has 0 fully saturated rings. The molecule has 21 heavy (non-hydrogen) atoms. The highest BCUT2D eigenvalue weighted by Crippen LogP contribution is 2.12. The van der Waals surface area contributed by atoms with Crippen LogP contribution in [-0.2, 0) is 14.6 Å². The predicted octanol–water partition coefficient (Wildman–Crippen LogP) is 0.448. The lowest BCUT2D eigenvalue weighted by atomic mass is 10.2. The topological polar surface area (TPSA) is 99.1 Å². The largest absolute Gasteiger partial charge is 0.355 e. The molecule has 0 aromatic heterocycles. The molecule has 1 amide bonds. The zero-order chi connectivity index (χ0) is 15.7. The van der Waals surface area contributed by atoms with E-state index < -0.39 is 9.84 Å².